The summed E-state index contributed by atoms with van der Waals surface area (Å²) in [5.74, 6) is 0.168. The molecule has 0 atom stereocenters. The number of benzene rings is 1. The van der Waals surface area contributed by atoms with Crippen molar-refractivity contribution in [2.24, 2.45) is 0 Å². The van der Waals surface area contributed by atoms with Gasteiger partial charge in [-0.3, -0.25) is 9.44 Å². The van der Waals surface area contributed by atoms with Crippen LogP contribution in [0.25, 0.3) is 0 Å². The van der Waals surface area contributed by atoms with E-state index in [1.54, 1.807) is 5.38 Å². The molecule has 0 saturated carbocycles. The first-order valence-corrected chi connectivity index (χ1v) is 11.0. The van der Waals surface area contributed by atoms with E-state index in [-0.39, 0.29) is 32.1 Å². The lowest BCUT2D eigenvalue weighted by molar-refractivity contribution is 0.390. The van der Waals surface area contributed by atoms with Crippen LogP contribution in [0.5, 0.6) is 0 Å². The van der Waals surface area contributed by atoms with E-state index < -0.39 is 20.0 Å². The number of thiazole rings is 1. The summed E-state index contributed by atoms with van der Waals surface area (Å²) in [6.45, 7) is 3.01. The number of nitrogens with zero attached hydrogens (tertiary/aromatic N) is 2. The van der Waals surface area contributed by atoms with Gasteiger partial charge in [0.25, 0.3) is 20.0 Å². The molecule has 0 fully saturated rings. The maximum Gasteiger partial charge on any atom is 0.267 e. The van der Waals surface area contributed by atoms with Gasteiger partial charge in [-0.05, 0) is 38.1 Å². The Bertz CT molecular complexity index is 1100. The average Bonchev–Trinajstić information content (AvgIpc) is 3.17. The van der Waals surface area contributed by atoms with Crippen molar-refractivity contribution >= 4 is 42.2 Å². The standard InChI is InChI=1S/C14H14N4O5S3/c1-9-13(10(2)23-16-9)26(21,22)17-11-3-5-12(6-4-11)25(19,20)18-14-15-7-8-24-14/h3-8,17H,1-2H3,(H,15,18). The molecule has 0 unspecified atom stereocenters. The molecule has 2 heterocycles. The maximum atomic E-state index is 12.4. The monoisotopic (exact) mass is 414 g/mol. The van der Waals surface area contributed by atoms with Crippen molar-refractivity contribution in [2.45, 2.75) is 23.6 Å². The molecule has 138 valence electrons. The van der Waals surface area contributed by atoms with E-state index in [2.05, 4.69) is 19.6 Å². The lowest BCUT2D eigenvalue weighted by Gasteiger charge is -2.09. The number of rotatable bonds is 6. The van der Waals surface area contributed by atoms with Crippen molar-refractivity contribution in [1.82, 2.24) is 10.1 Å². The predicted molar refractivity (Wildman–Crippen MR) is 96.2 cm³/mol. The lowest BCUT2D eigenvalue weighted by Crippen LogP contribution is -2.15. The fourth-order valence-corrected chi connectivity index (χ4v) is 5.39. The van der Waals surface area contributed by atoms with Gasteiger partial charge in [-0.1, -0.05) is 5.16 Å². The second-order valence-corrected chi connectivity index (χ2v) is 9.42. The summed E-state index contributed by atoms with van der Waals surface area (Å²) in [4.78, 5) is 3.80. The molecule has 2 aromatic heterocycles. The Morgan fingerprint density at radius 3 is 2.23 bits per heavy atom. The van der Waals surface area contributed by atoms with Gasteiger partial charge in [0.15, 0.2) is 15.8 Å². The molecule has 0 spiro atoms. The minimum atomic E-state index is -3.90. The molecule has 3 aromatic rings. The van der Waals surface area contributed by atoms with Crippen LogP contribution in [-0.4, -0.2) is 27.0 Å². The number of hydrogen-bond acceptors (Lipinski definition) is 8. The largest absolute Gasteiger partial charge is 0.360 e. The van der Waals surface area contributed by atoms with Gasteiger partial charge in [-0.15, -0.1) is 11.3 Å². The molecule has 0 bridgehead atoms. The van der Waals surface area contributed by atoms with E-state index in [4.69, 9.17) is 4.52 Å². The first-order valence-electron chi connectivity index (χ1n) is 7.17. The highest BCUT2D eigenvalue weighted by Gasteiger charge is 2.24. The fourth-order valence-electron chi connectivity index (χ4n) is 2.21. The Morgan fingerprint density at radius 1 is 1.00 bits per heavy atom. The van der Waals surface area contributed by atoms with Crippen LogP contribution in [0.4, 0.5) is 10.8 Å². The van der Waals surface area contributed by atoms with Crippen LogP contribution in [0.15, 0.2) is 50.2 Å². The Hall–Kier alpha value is -2.44. The summed E-state index contributed by atoms with van der Waals surface area (Å²) in [6.07, 6.45) is 1.48. The highest BCUT2D eigenvalue weighted by Crippen LogP contribution is 2.24. The molecule has 12 heteroatoms. The summed E-state index contributed by atoms with van der Waals surface area (Å²) in [5, 5.41) is 5.51. The van der Waals surface area contributed by atoms with Crippen molar-refractivity contribution in [1.29, 1.82) is 0 Å². The van der Waals surface area contributed by atoms with Gasteiger partial charge in [0.1, 0.15) is 5.69 Å². The van der Waals surface area contributed by atoms with Crippen LogP contribution in [0.1, 0.15) is 11.5 Å². The summed E-state index contributed by atoms with van der Waals surface area (Å²) in [6, 6.07) is 5.29. The SMILES string of the molecule is Cc1noc(C)c1S(=O)(=O)Nc1ccc(S(=O)(=O)Nc2nccs2)cc1. The second-order valence-electron chi connectivity index (χ2n) is 5.23. The normalized spacial score (nSPS) is 12.1. The Balaban J connectivity index is 1.82. The average molecular weight is 414 g/mol. The third-order valence-electron chi connectivity index (χ3n) is 3.31. The molecule has 2 N–H and O–H groups in total. The number of anilines is 2. The van der Waals surface area contributed by atoms with E-state index in [1.165, 1.54) is 44.3 Å². The van der Waals surface area contributed by atoms with Crippen LogP contribution < -0.4 is 9.44 Å². The van der Waals surface area contributed by atoms with Crippen LogP contribution in [-0.2, 0) is 20.0 Å². The molecule has 26 heavy (non-hydrogen) atoms. The van der Waals surface area contributed by atoms with Gasteiger partial charge in [0.2, 0.25) is 0 Å². The molecule has 9 nitrogen and oxygen atoms in total. The predicted octanol–water partition coefficient (Wildman–Crippen LogP) is 2.35. The lowest BCUT2D eigenvalue weighted by atomic mass is 10.3. The molecule has 1 aromatic carbocycles. The van der Waals surface area contributed by atoms with E-state index in [1.807, 2.05) is 0 Å². The van der Waals surface area contributed by atoms with E-state index in [0.29, 0.717) is 0 Å². The van der Waals surface area contributed by atoms with Crippen molar-refractivity contribution in [3.05, 3.63) is 47.3 Å². The zero-order chi connectivity index (χ0) is 18.9. The fraction of sp³-hybridized carbons (Fsp3) is 0.143. The molecule has 3 rings (SSSR count). The molecule has 0 aliphatic rings. The topological polar surface area (TPSA) is 131 Å². The van der Waals surface area contributed by atoms with Crippen LogP contribution in [0, 0.1) is 13.8 Å². The molecule has 0 aliphatic heterocycles. The molecular weight excluding hydrogens is 400 g/mol. The minimum Gasteiger partial charge on any atom is -0.360 e. The highest BCUT2D eigenvalue weighted by molar-refractivity contribution is 7.93. The molecule has 0 radical (unpaired) electrons. The number of sulfonamides is 2. The van der Waals surface area contributed by atoms with Gasteiger partial charge in [-0.2, -0.15) is 0 Å². The third-order valence-corrected chi connectivity index (χ3v) is 7.10. The van der Waals surface area contributed by atoms with Crippen molar-refractivity contribution < 1.29 is 21.4 Å². The summed E-state index contributed by atoms with van der Waals surface area (Å²) >= 11 is 1.15. The van der Waals surface area contributed by atoms with E-state index >= 15 is 0 Å². The first kappa shape index (κ1) is 18.4. The summed E-state index contributed by atoms with van der Waals surface area (Å²) in [5.41, 5.74) is 0.444. The Labute approximate surface area is 154 Å². The number of hydrogen-bond donors (Lipinski definition) is 2. The quantitative estimate of drug-likeness (QED) is 0.633. The van der Waals surface area contributed by atoms with Gasteiger partial charge in [0.05, 0.1) is 4.90 Å². The molecule has 0 saturated heterocycles. The first-order chi connectivity index (χ1) is 12.2. The number of nitrogens with one attached hydrogen (secondary N) is 2. The van der Waals surface area contributed by atoms with Gasteiger partial charge >= 0.3 is 0 Å². The zero-order valence-corrected chi connectivity index (χ0v) is 16.1. The van der Waals surface area contributed by atoms with Gasteiger partial charge in [-0.25, -0.2) is 21.8 Å². The third kappa shape index (κ3) is 3.71. The summed E-state index contributed by atoms with van der Waals surface area (Å²) in [7, 11) is -7.70. The molecule has 0 amide bonds. The van der Waals surface area contributed by atoms with Crippen molar-refractivity contribution in [3.63, 3.8) is 0 Å². The highest BCUT2D eigenvalue weighted by atomic mass is 32.2. The van der Waals surface area contributed by atoms with Crippen LogP contribution in [0.3, 0.4) is 0 Å². The van der Waals surface area contributed by atoms with E-state index in [9.17, 15) is 16.8 Å². The zero-order valence-electron chi connectivity index (χ0n) is 13.6. The van der Waals surface area contributed by atoms with Crippen molar-refractivity contribution in [2.75, 3.05) is 9.44 Å². The Morgan fingerprint density at radius 2 is 1.69 bits per heavy atom. The van der Waals surface area contributed by atoms with E-state index in [0.717, 1.165) is 11.3 Å². The second kappa shape index (κ2) is 6.70. The Kier molecular flexibility index (Phi) is 4.73. The number of aromatic nitrogens is 2. The molecular formula is C14H14N4O5S3. The van der Waals surface area contributed by atoms with Gasteiger partial charge in [0, 0.05) is 17.3 Å². The van der Waals surface area contributed by atoms with Crippen molar-refractivity contribution in [3.8, 4) is 0 Å². The minimum absolute atomic E-state index is 0.0204. The summed E-state index contributed by atoms with van der Waals surface area (Å²) < 4.78 is 59.0. The van der Waals surface area contributed by atoms with Gasteiger partial charge < -0.3 is 4.52 Å². The van der Waals surface area contributed by atoms with Crippen LogP contribution >= 0.6 is 11.3 Å². The molecule has 0 aliphatic carbocycles. The smallest absolute Gasteiger partial charge is 0.267 e. The number of aryl methyl sites for hydroxylation is 2. The maximum absolute atomic E-state index is 12.4. The van der Waals surface area contributed by atoms with Crippen LogP contribution in [0.2, 0.25) is 0 Å².